The predicted molar refractivity (Wildman–Crippen MR) is 120 cm³/mol. The predicted octanol–water partition coefficient (Wildman–Crippen LogP) is 2.95. The van der Waals surface area contributed by atoms with Crippen LogP contribution in [0.1, 0.15) is 21.5 Å². The fourth-order valence-corrected chi connectivity index (χ4v) is 4.39. The zero-order valence-electron chi connectivity index (χ0n) is 17.3. The van der Waals surface area contributed by atoms with Gasteiger partial charge in [-0.1, -0.05) is 48.5 Å². The molecule has 3 aromatic carbocycles. The first-order valence-corrected chi connectivity index (χ1v) is 10.7. The molecule has 2 heterocycles. The SMILES string of the molecule is O=C(CN1C(=O)c2cccc3cccc1c23)NCc1cccc(CN2CCOCC2)c1. The van der Waals surface area contributed by atoms with E-state index in [0.717, 1.165) is 54.9 Å². The molecule has 0 radical (unpaired) electrons. The van der Waals surface area contributed by atoms with Gasteiger partial charge in [0, 0.05) is 37.1 Å². The summed E-state index contributed by atoms with van der Waals surface area (Å²) >= 11 is 0. The molecule has 6 nitrogen and oxygen atoms in total. The molecule has 1 N–H and O–H groups in total. The number of nitrogens with zero attached hydrogens (tertiary/aromatic N) is 2. The molecule has 5 rings (SSSR count). The second kappa shape index (κ2) is 8.49. The molecular formula is C25H25N3O3. The van der Waals surface area contributed by atoms with Gasteiger partial charge in [-0.25, -0.2) is 0 Å². The molecule has 0 saturated carbocycles. The Bertz CT molecular complexity index is 1130. The summed E-state index contributed by atoms with van der Waals surface area (Å²) in [5, 5.41) is 4.92. The molecule has 2 aliphatic rings. The number of nitrogens with one attached hydrogen (secondary N) is 1. The van der Waals surface area contributed by atoms with Crippen molar-refractivity contribution in [2.75, 3.05) is 37.7 Å². The molecule has 158 valence electrons. The van der Waals surface area contributed by atoms with E-state index in [1.54, 1.807) is 4.90 Å². The maximum absolute atomic E-state index is 12.9. The first-order valence-electron chi connectivity index (χ1n) is 10.7. The zero-order valence-corrected chi connectivity index (χ0v) is 17.3. The maximum atomic E-state index is 12.9. The third kappa shape index (κ3) is 4.04. The fraction of sp³-hybridized carbons (Fsp3) is 0.280. The van der Waals surface area contributed by atoms with Gasteiger partial charge in [-0.2, -0.15) is 0 Å². The van der Waals surface area contributed by atoms with Gasteiger partial charge in [-0.05, 0) is 28.6 Å². The van der Waals surface area contributed by atoms with Crippen LogP contribution in [0.25, 0.3) is 10.8 Å². The lowest BCUT2D eigenvalue weighted by Gasteiger charge is -2.26. The van der Waals surface area contributed by atoms with E-state index in [1.807, 2.05) is 48.5 Å². The first-order chi connectivity index (χ1) is 15.2. The number of morpholine rings is 1. The highest BCUT2D eigenvalue weighted by atomic mass is 16.5. The van der Waals surface area contributed by atoms with Crippen molar-refractivity contribution < 1.29 is 14.3 Å². The summed E-state index contributed by atoms with van der Waals surface area (Å²) in [6.45, 7) is 4.79. The molecule has 0 spiro atoms. The second-order valence-electron chi connectivity index (χ2n) is 8.06. The van der Waals surface area contributed by atoms with Gasteiger partial charge < -0.3 is 10.1 Å². The maximum Gasteiger partial charge on any atom is 0.259 e. The fourth-order valence-electron chi connectivity index (χ4n) is 4.39. The van der Waals surface area contributed by atoms with Gasteiger partial charge >= 0.3 is 0 Å². The smallest absolute Gasteiger partial charge is 0.259 e. The van der Waals surface area contributed by atoms with Crippen LogP contribution in [-0.4, -0.2) is 49.6 Å². The second-order valence-corrected chi connectivity index (χ2v) is 8.06. The third-order valence-corrected chi connectivity index (χ3v) is 5.94. The van der Waals surface area contributed by atoms with Crippen molar-refractivity contribution in [2.45, 2.75) is 13.1 Å². The van der Waals surface area contributed by atoms with Crippen LogP contribution in [0.15, 0.2) is 60.7 Å². The molecule has 1 saturated heterocycles. The molecule has 0 aromatic heterocycles. The van der Waals surface area contributed by atoms with Crippen LogP contribution in [0.2, 0.25) is 0 Å². The Hall–Kier alpha value is -3.22. The zero-order chi connectivity index (χ0) is 21.2. The minimum atomic E-state index is -0.170. The molecule has 2 amide bonds. The molecule has 0 aliphatic carbocycles. The van der Waals surface area contributed by atoms with Gasteiger partial charge in [0.15, 0.2) is 0 Å². The monoisotopic (exact) mass is 415 g/mol. The number of anilines is 1. The Morgan fingerprint density at radius 1 is 0.968 bits per heavy atom. The van der Waals surface area contributed by atoms with Gasteiger partial charge in [0.25, 0.3) is 5.91 Å². The molecule has 2 aliphatic heterocycles. The van der Waals surface area contributed by atoms with Crippen molar-refractivity contribution >= 4 is 28.3 Å². The van der Waals surface area contributed by atoms with Crippen LogP contribution in [0.3, 0.4) is 0 Å². The van der Waals surface area contributed by atoms with Gasteiger partial charge in [0.2, 0.25) is 5.91 Å². The summed E-state index contributed by atoms with van der Waals surface area (Å²) in [7, 11) is 0. The van der Waals surface area contributed by atoms with Crippen molar-refractivity contribution in [1.82, 2.24) is 10.2 Å². The summed E-state index contributed by atoms with van der Waals surface area (Å²) < 4.78 is 5.41. The van der Waals surface area contributed by atoms with Crippen LogP contribution >= 0.6 is 0 Å². The van der Waals surface area contributed by atoms with Gasteiger partial charge in [0.1, 0.15) is 6.54 Å². The summed E-state index contributed by atoms with van der Waals surface area (Å²) in [5.74, 6) is -0.286. The molecule has 0 unspecified atom stereocenters. The van der Waals surface area contributed by atoms with E-state index in [2.05, 4.69) is 22.3 Å². The lowest BCUT2D eigenvalue weighted by atomic mass is 10.1. The highest BCUT2D eigenvalue weighted by Crippen LogP contribution is 2.36. The summed E-state index contributed by atoms with van der Waals surface area (Å²) in [6, 6.07) is 19.8. The first kappa shape index (κ1) is 19.7. The van der Waals surface area contributed by atoms with E-state index in [-0.39, 0.29) is 18.4 Å². The lowest BCUT2D eigenvalue weighted by molar-refractivity contribution is -0.119. The molecular weight excluding hydrogens is 390 g/mol. The number of carbonyl (C=O) groups is 2. The number of ether oxygens (including phenoxy) is 1. The topological polar surface area (TPSA) is 61.9 Å². The van der Waals surface area contributed by atoms with E-state index in [4.69, 9.17) is 4.74 Å². The normalized spacial score (nSPS) is 16.1. The average molecular weight is 415 g/mol. The quantitative estimate of drug-likeness (QED) is 0.673. The molecule has 0 atom stereocenters. The number of rotatable bonds is 6. The number of hydrogen-bond donors (Lipinski definition) is 1. The number of carbonyl (C=O) groups excluding carboxylic acids is 2. The standard InChI is InChI=1S/C25H25N3O3/c29-23(17-28-22-9-3-7-20-6-2-8-21(24(20)22)25(28)30)26-15-18-4-1-5-19(14-18)16-27-10-12-31-13-11-27/h1-9,14H,10-13,15-17H2,(H,26,29). The molecule has 3 aromatic rings. The van der Waals surface area contributed by atoms with Crippen LogP contribution in [0.5, 0.6) is 0 Å². The molecule has 31 heavy (non-hydrogen) atoms. The van der Waals surface area contributed by atoms with Crippen LogP contribution < -0.4 is 10.2 Å². The van der Waals surface area contributed by atoms with Gasteiger partial charge in [0.05, 0.1) is 18.9 Å². The van der Waals surface area contributed by atoms with E-state index < -0.39 is 0 Å². The van der Waals surface area contributed by atoms with E-state index in [9.17, 15) is 9.59 Å². The minimum Gasteiger partial charge on any atom is -0.379 e. The largest absolute Gasteiger partial charge is 0.379 e. The van der Waals surface area contributed by atoms with Gasteiger partial charge in [-0.3, -0.25) is 19.4 Å². The van der Waals surface area contributed by atoms with E-state index >= 15 is 0 Å². The van der Waals surface area contributed by atoms with E-state index in [0.29, 0.717) is 12.1 Å². The Morgan fingerprint density at radius 3 is 2.55 bits per heavy atom. The van der Waals surface area contributed by atoms with Crippen LogP contribution in [-0.2, 0) is 22.6 Å². The van der Waals surface area contributed by atoms with Crippen LogP contribution in [0.4, 0.5) is 5.69 Å². The average Bonchev–Trinajstić information content (AvgIpc) is 3.07. The Labute approximate surface area is 181 Å². The lowest BCUT2D eigenvalue weighted by Crippen LogP contribution is -2.38. The molecule has 0 bridgehead atoms. The summed E-state index contributed by atoms with van der Waals surface area (Å²) in [5.41, 5.74) is 3.75. The van der Waals surface area contributed by atoms with Crippen molar-refractivity contribution in [1.29, 1.82) is 0 Å². The Balaban J connectivity index is 1.22. The number of hydrogen-bond acceptors (Lipinski definition) is 4. The highest BCUT2D eigenvalue weighted by Gasteiger charge is 2.30. The van der Waals surface area contributed by atoms with Gasteiger partial charge in [-0.15, -0.1) is 0 Å². The summed E-state index contributed by atoms with van der Waals surface area (Å²) in [4.78, 5) is 29.5. The van der Waals surface area contributed by atoms with Crippen LogP contribution in [0, 0.1) is 0 Å². The van der Waals surface area contributed by atoms with E-state index in [1.165, 1.54) is 5.56 Å². The van der Waals surface area contributed by atoms with Crippen molar-refractivity contribution in [2.24, 2.45) is 0 Å². The highest BCUT2D eigenvalue weighted by molar-refractivity contribution is 6.26. The van der Waals surface area contributed by atoms with Crippen molar-refractivity contribution in [3.63, 3.8) is 0 Å². The minimum absolute atomic E-state index is 0.0140. The Morgan fingerprint density at radius 2 is 1.71 bits per heavy atom. The number of benzene rings is 3. The Kier molecular flexibility index (Phi) is 5.40. The van der Waals surface area contributed by atoms with Crippen molar-refractivity contribution in [3.8, 4) is 0 Å². The summed E-state index contributed by atoms with van der Waals surface area (Å²) in [6.07, 6.45) is 0. The molecule has 1 fully saturated rings. The number of amides is 2. The van der Waals surface area contributed by atoms with Crippen molar-refractivity contribution in [3.05, 3.63) is 77.4 Å². The third-order valence-electron chi connectivity index (χ3n) is 5.94. The molecule has 6 heteroatoms.